The summed E-state index contributed by atoms with van der Waals surface area (Å²) in [5.74, 6) is 0.169. The molecule has 0 bridgehead atoms. The van der Waals surface area contributed by atoms with Crippen LogP contribution in [0, 0.1) is 12.8 Å². The van der Waals surface area contributed by atoms with Gasteiger partial charge in [-0.05, 0) is 31.0 Å². The lowest BCUT2D eigenvalue weighted by Gasteiger charge is -2.19. The summed E-state index contributed by atoms with van der Waals surface area (Å²) in [5, 5.41) is 13.0. The minimum absolute atomic E-state index is 0.0891. The number of halogens is 1. The molecule has 5 heteroatoms. The normalized spacial score (nSPS) is 12.9. The summed E-state index contributed by atoms with van der Waals surface area (Å²) in [6.07, 6.45) is 0. The van der Waals surface area contributed by atoms with Gasteiger partial charge in [-0.2, -0.15) is 0 Å². The van der Waals surface area contributed by atoms with Crippen molar-refractivity contribution in [2.45, 2.75) is 26.8 Å². The number of benzene rings is 1. The second kappa shape index (κ2) is 5.97. The Morgan fingerprint density at radius 1 is 1.45 bits per heavy atom. The molecule has 1 heterocycles. The molecule has 2 N–H and O–H groups in total. The molecule has 0 saturated heterocycles. The fraction of sp³-hybridized carbons (Fsp3) is 0.400. The lowest BCUT2D eigenvalue weighted by atomic mass is 10.1. The summed E-state index contributed by atoms with van der Waals surface area (Å²) in [6.45, 7) is 5.66. The first-order valence-corrected chi connectivity index (χ1v) is 7.33. The predicted octanol–water partition coefficient (Wildman–Crippen LogP) is 3.25. The number of hydrogen-bond acceptors (Lipinski definition) is 3. The van der Waals surface area contributed by atoms with Crippen molar-refractivity contribution in [3.8, 4) is 0 Å². The minimum atomic E-state index is -0.289. The Labute approximate surface area is 126 Å². The number of aliphatic hydroxyl groups is 1. The van der Waals surface area contributed by atoms with Crippen molar-refractivity contribution >= 4 is 32.8 Å². The van der Waals surface area contributed by atoms with Gasteiger partial charge in [0.05, 0.1) is 12.6 Å². The molecule has 0 saturated carbocycles. The number of fused-ring (bicyclic) bond motifs is 1. The molecule has 0 unspecified atom stereocenters. The highest BCUT2D eigenvalue weighted by Crippen LogP contribution is 2.28. The number of furan rings is 1. The first-order valence-electron chi connectivity index (χ1n) is 6.54. The predicted molar refractivity (Wildman–Crippen MR) is 81.8 cm³/mol. The average Bonchev–Trinajstić information content (AvgIpc) is 2.73. The Bertz CT molecular complexity index is 633. The molecule has 2 rings (SSSR count). The number of aliphatic hydroxyl groups excluding tert-OH is 1. The van der Waals surface area contributed by atoms with Crippen molar-refractivity contribution in [3.63, 3.8) is 0 Å². The Morgan fingerprint density at radius 3 is 2.75 bits per heavy atom. The second-order valence-corrected chi connectivity index (χ2v) is 6.12. The second-order valence-electron chi connectivity index (χ2n) is 5.20. The summed E-state index contributed by atoms with van der Waals surface area (Å²) < 4.78 is 6.57. The molecule has 1 amide bonds. The van der Waals surface area contributed by atoms with E-state index in [0.717, 1.165) is 15.4 Å². The number of hydrogen-bond donors (Lipinski definition) is 2. The van der Waals surface area contributed by atoms with Gasteiger partial charge < -0.3 is 14.8 Å². The van der Waals surface area contributed by atoms with Gasteiger partial charge in [-0.3, -0.25) is 4.79 Å². The Hall–Kier alpha value is -1.33. The van der Waals surface area contributed by atoms with Crippen LogP contribution in [0.4, 0.5) is 0 Å². The highest BCUT2D eigenvalue weighted by Gasteiger charge is 2.21. The molecule has 1 aromatic carbocycles. The van der Waals surface area contributed by atoms with Gasteiger partial charge in [0.25, 0.3) is 5.91 Å². The summed E-state index contributed by atoms with van der Waals surface area (Å²) in [4.78, 5) is 12.3. The van der Waals surface area contributed by atoms with Gasteiger partial charge in [0.1, 0.15) is 5.58 Å². The first-order chi connectivity index (χ1) is 9.43. The van der Waals surface area contributed by atoms with Gasteiger partial charge in [0.15, 0.2) is 5.76 Å². The fourth-order valence-corrected chi connectivity index (χ4v) is 2.43. The molecule has 1 atom stereocenters. The Morgan fingerprint density at radius 2 is 2.15 bits per heavy atom. The Balaban J connectivity index is 2.33. The summed E-state index contributed by atoms with van der Waals surface area (Å²) in [6, 6.07) is 5.35. The quantitative estimate of drug-likeness (QED) is 0.898. The zero-order valence-corrected chi connectivity index (χ0v) is 13.3. The van der Waals surface area contributed by atoms with Crippen molar-refractivity contribution in [3.05, 3.63) is 34.0 Å². The van der Waals surface area contributed by atoms with Crippen LogP contribution in [0.15, 0.2) is 27.1 Å². The van der Waals surface area contributed by atoms with Gasteiger partial charge in [-0.25, -0.2) is 0 Å². The zero-order valence-electron chi connectivity index (χ0n) is 11.7. The minimum Gasteiger partial charge on any atom is -0.451 e. The van der Waals surface area contributed by atoms with Crippen LogP contribution in [0.2, 0.25) is 0 Å². The largest absolute Gasteiger partial charge is 0.451 e. The Kier molecular flexibility index (Phi) is 4.50. The molecule has 0 spiro atoms. The van der Waals surface area contributed by atoms with E-state index >= 15 is 0 Å². The maximum atomic E-state index is 12.3. The van der Waals surface area contributed by atoms with E-state index in [4.69, 9.17) is 4.42 Å². The maximum Gasteiger partial charge on any atom is 0.287 e. The van der Waals surface area contributed by atoms with Gasteiger partial charge in [-0.1, -0.05) is 29.8 Å². The third kappa shape index (κ3) is 2.88. The molecule has 4 nitrogen and oxygen atoms in total. The van der Waals surface area contributed by atoms with Crippen molar-refractivity contribution in [1.82, 2.24) is 5.32 Å². The number of carbonyl (C=O) groups is 1. The molecular formula is C15H18BrNO3. The van der Waals surface area contributed by atoms with Crippen LogP contribution < -0.4 is 5.32 Å². The lowest BCUT2D eigenvalue weighted by molar-refractivity contribution is 0.0870. The molecule has 20 heavy (non-hydrogen) atoms. The standard InChI is InChI=1S/C15H18BrNO3/c1-8(2)12(7-18)17-15(19)14-9(3)11-6-10(16)4-5-13(11)20-14/h4-6,8,12,18H,7H2,1-3H3,(H,17,19)/t12-/m1/s1. The summed E-state index contributed by atoms with van der Waals surface area (Å²) in [5.41, 5.74) is 1.49. The third-order valence-corrected chi connectivity index (χ3v) is 3.92. The SMILES string of the molecule is Cc1c(C(=O)N[C@H](CO)C(C)C)oc2ccc(Br)cc12. The summed E-state index contributed by atoms with van der Waals surface area (Å²) >= 11 is 3.41. The van der Waals surface area contributed by atoms with Crippen molar-refractivity contribution in [2.75, 3.05) is 6.61 Å². The molecule has 0 aliphatic rings. The van der Waals surface area contributed by atoms with Crippen LogP contribution in [0.1, 0.15) is 30.0 Å². The molecule has 0 fully saturated rings. The molecule has 108 valence electrons. The van der Waals surface area contributed by atoms with E-state index in [1.54, 1.807) is 0 Å². The molecule has 2 aromatic rings. The van der Waals surface area contributed by atoms with Gasteiger partial charge in [-0.15, -0.1) is 0 Å². The van der Waals surface area contributed by atoms with Crippen LogP contribution in [0.3, 0.4) is 0 Å². The molecule has 0 radical (unpaired) electrons. The zero-order chi connectivity index (χ0) is 14.9. The first kappa shape index (κ1) is 15.1. The average molecular weight is 340 g/mol. The van der Waals surface area contributed by atoms with E-state index in [1.165, 1.54) is 0 Å². The maximum absolute atomic E-state index is 12.3. The van der Waals surface area contributed by atoms with Crippen LogP contribution in [-0.4, -0.2) is 23.7 Å². The van der Waals surface area contributed by atoms with Crippen LogP contribution in [0.25, 0.3) is 11.0 Å². The number of carbonyl (C=O) groups excluding carboxylic acids is 1. The van der Waals surface area contributed by atoms with E-state index in [1.807, 2.05) is 39.0 Å². The molecule has 0 aliphatic carbocycles. The highest BCUT2D eigenvalue weighted by molar-refractivity contribution is 9.10. The van der Waals surface area contributed by atoms with Crippen LogP contribution >= 0.6 is 15.9 Å². The van der Waals surface area contributed by atoms with E-state index in [2.05, 4.69) is 21.2 Å². The van der Waals surface area contributed by atoms with Crippen LogP contribution in [0.5, 0.6) is 0 Å². The molecular weight excluding hydrogens is 322 g/mol. The number of amides is 1. The van der Waals surface area contributed by atoms with Crippen molar-refractivity contribution < 1.29 is 14.3 Å². The lowest BCUT2D eigenvalue weighted by Crippen LogP contribution is -2.41. The third-order valence-electron chi connectivity index (χ3n) is 3.42. The topological polar surface area (TPSA) is 62.5 Å². The van der Waals surface area contributed by atoms with Gasteiger partial charge in [0, 0.05) is 15.4 Å². The van der Waals surface area contributed by atoms with Gasteiger partial charge in [0.2, 0.25) is 0 Å². The van der Waals surface area contributed by atoms with E-state index in [-0.39, 0.29) is 24.5 Å². The smallest absolute Gasteiger partial charge is 0.287 e. The van der Waals surface area contributed by atoms with E-state index in [0.29, 0.717) is 11.3 Å². The van der Waals surface area contributed by atoms with Crippen molar-refractivity contribution in [2.24, 2.45) is 5.92 Å². The van der Waals surface area contributed by atoms with E-state index in [9.17, 15) is 9.90 Å². The monoisotopic (exact) mass is 339 g/mol. The molecule has 1 aromatic heterocycles. The highest BCUT2D eigenvalue weighted by atomic mass is 79.9. The summed E-state index contributed by atoms with van der Waals surface area (Å²) in [7, 11) is 0. The molecule has 0 aliphatic heterocycles. The number of aryl methyl sites for hydroxylation is 1. The van der Waals surface area contributed by atoms with Gasteiger partial charge >= 0.3 is 0 Å². The van der Waals surface area contributed by atoms with Crippen LogP contribution in [-0.2, 0) is 0 Å². The number of rotatable bonds is 4. The van der Waals surface area contributed by atoms with Crippen molar-refractivity contribution in [1.29, 1.82) is 0 Å². The number of nitrogens with one attached hydrogen (secondary N) is 1. The fourth-order valence-electron chi connectivity index (χ4n) is 2.07. The van der Waals surface area contributed by atoms with E-state index < -0.39 is 0 Å².